The predicted octanol–water partition coefficient (Wildman–Crippen LogP) is 2.24. The number of amides is 1. The van der Waals surface area contributed by atoms with Crippen LogP contribution in [-0.2, 0) is 10.2 Å². The molecule has 0 saturated carbocycles. The fourth-order valence-corrected chi connectivity index (χ4v) is 2.19. The molecule has 18 heavy (non-hydrogen) atoms. The average molecular weight is 244 g/mol. The molecule has 1 aliphatic heterocycles. The van der Waals surface area contributed by atoms with Crippen LogP contribution >= 0.6 is 0 Å². The number of nitrogens with zero attached hydrogens (tertiary/aromatic N) is 1. The maximum absolute atomic E-state index is 12.1. The summed E-state index contributed by atoms with van der Waals surface area (Å²) in [4.78, 5) is 22.0. The lowest BCUT2D eigenvalue weighted by molar-refractivity contribution is -0.402. The maximum atomic E-state index is 12.1. The molecule has 0 bridgehead atoms. The molecular formula is C13H12N2O3. The van der Waals surface area contributed by atoms with Gasteiger partial charge in [-0.3, -0.25) is 14.9 Å². The maximum Gasteiger partial charge on any atom is 0.239 e. The Morgan fingerprint density at radius 1 is 1.44 bits per heavy atom. The van der Waals surface area contributed by atoms with Gasteiger partial charge in [0.05, 0.1) is 4.92 Å². The van der Waals surface area contributed by atoms with Crippen molar-refractivity contribution in [2.75, 3.05) is 5.32 Å². The predicted molar refractivity (Wildman–Crippen MR) is 67.7 cm³/mol. The Morgan fingerprint density at radius 3 is 2.83 bits per heavy atom. The monoisotopic (exact) mass is 244 g/mol. The molecule has 0 radical (unpaired) electrons. The number of fused-ring (bicyclic) bond motifs is 1. The number of nitro groups is 1. The Bertz CT molecular complexity index is 551. The number of rotatable bonds is 4. The first-order valence-electron chi connectivity index (χ1n) is 5.45. The molecule has 0 aliphatic carbocycles. The first kappa shape index (κ1) is 12.0. The quantitative estimate of drug-likeness (QED) is 0.501. The highest BCUT2D eigenvalue weighted by molar-refractivity contribution is 6.07. The Labute approximate surface area is 104 Å². The van der Waals surface area contributed by atoms with E-state index in [9.17, 15) is 14.9 Å². The third kappa shape index (κ3) is 1.79. The van der Waals surface area contributed by atoms with Gasteiger partial charge in [-0.25, -0.2) is 0 Å². The molecule has 5 nitrogen and oxygen atoms in total. The number of allylic oxidation sites excluding steroid dienone is 1. The van der Waals surface area contributed by atoms with Gasteiger partial charge in [0, 0.05) is 11.8 Å². The molecule has 1 heterocycles. The van der Waals surface area contributed by atoms with E-state index in [4.69, 9.17) is 0 Å². The molecule has 5 heteroatoms. The van der Waals surface area contributed by atoms with Crippen molar-refractivity contribution < 1.29 is 9.72 Å². The highest BCUT2D eigenvalue weighted by Crippen LogP contribution is 2.41. The largest absolute Gasteiger partial charge is 0.325 e. The summed E-state index contributed by atoms with van der Waals surface area (Å²) in [6.45, 7) is 3.62. The summed E-state index contributed by atoms with van der Waals surface area (Å²) in [6.07, 6.45) is 4.05. The molecular weight excluding hydrogens is 232 g/mol. The number of benzene rings is 1. The number of hydrogen-bond acceptors (Lipinski definition) is 3. The number of nitrogens with one attached hydrogen (secondary N) is 1. The van der Waals surface area contributed by atoms with E-state index >= 15 is 0 Å². The van der Waals surface area contributed by atoms with E-state index in [0.29, 0.717) is 12.1 Å². The molecule has 1 aliphatic rings. The number of anilines is 1. The van der Waals surface area contributed by atoms with Crippen LogP contribution in [0.2, 0.25) is 0 Å². The molecule has 2 rings (SSSR count). The number of para-hydroxylation sites is 1. The van der Waals surface area contributed by atoms with E-state index < -0.39 is 10.3 Å². The topological polar surface area (TPSA) is 72.2 Å². The van der Waals surface area contributed by atoms with Crippen molar-refractivity contribution in [3.05, 3.63) is 64.9 Å². The number of carbonyl (C=O) groups excluding carboxylic acids is 1. The zero-order valence-corrected chi connectivity index (χ0v) is 9.63. The van der Waals surface area contributed by atoms with Gasteiger partial charge in [-0.15, -0.1) is 6.58 Å². The van der Waals surface area contributed by atoms with Crippen molar-refractivity contribution in [3.63, 3.8) is 0 Å². The van der Waals surface area contributed by atoms with Crippen LogP contribution in [0.1, 0.15) is 12.0 Å². The van der Waals surface area contributed by atoms with E-state index in [1.165, 1.54) is 6.08 Å². The van der Waals surface area contributed by atoms with Gasteiger partial charge in [0.15, 0.2) is 0 Å². The van der Waals surface area contributed by atoms with Crippen LogP contribution in [-0.4, -0.2) is 10.8 Å². The average Bonchev–Trinajstić information content (AvgIpc) is 2.61. The van der Waals surface area contributed by atoms with Gasteiger partial charge in [0.25, 0.3) is 0 Å². The lowest BCUT2D eigenvalue weighted by Crippen LogP contribution is -2.32. The van der Waals surface area contributed by atoms with Gasteiger partial charge < -0.3 is 5.32 Å². The first-order valence-corrected chi connectivity index (χ1v) is 5.45. The van der Waals surface area contributed by atoms with Gasteiger partial charge in [0.1, 0.15) is 5.41 Å². The number of hydrogen-bond donors (Lipinski definition) is 1. The second-order valence-corrected chi connectivity index (χ2v) is 4.06. The molecule has 92 valence electrons. The number of carbonyl (C=O) groups is 1. The zero-order valence-electron chi connectivity index (χ0n) is 9.63. The van der Waals surface area contributed by atoms with Crippen LogP contribution in [0.4, 0.5) is 5.69 Å². The van der Waals surface area contributed by atoms with Crippen molar-refractivity contribution in [2.45, 2.75) is 11.8 Å². The minimum atomic E-state index is -1.02. The molecule has 1 atom stereocenters. The normalized spacial score (nSPS) is 21.7. The van der Waals surface area contributed by atoms with Crippen LogP contribution in [0.5, 0.6) is 0 Å². The summed E-state index contributed by atoms with van der Waals surface area (Å²) >= 11 is 0. The molecule has 0 spiro atoms. The van der Waals surface area contributed by atoms with Crippen LogP contribution in [0.15, 0.2) is 49.2 Å². The smallest absolute Gasteiger partial charge is 0.239 e. The Balaban J connectivity index is 2.56. The van der Waals surface area contributed by atoms with Crippen LogP contribution in [0, 0.1) is 10.1 Å². The van der Waals surface area contributed by atoms with Gasteiger partial charge in [-0.2, -0.15) is 0 Å². The van der Waals surface area contributed by atoms with Crippen molar-refractivity contribution >= 4 is 11.6 Å². The van der Waals surface area contributed by atoms with Crippen molar-refractivity contribution in [1.29, 1.82) is 0 Å². The van der Waals surface area contributed by atoms with Gasteiger partial charge in [-0.1, -0.05) is 24.3 Å². The molecule has 0 fully saturated rings. The van der Waals surface area contributed by atoms with E-state index in [1.54, 1.807) is 30.3 Å². The lowest BCUT2D eigenvalue weighted by Gasteiger charge is -2.20. The fourth-order valence-electron chi connectivity index (χ4n) is 2.19. The molecule has 1 unspecified atom stereocenters. The highest BCUT2D eigenvalue weighted by atomic mass is 16.6. The lowest BCUT2D eigenvalue weighted by atomic mass is 9.78. The van der Waals surface area contributed by atoms with Gasteiger partial charge in [0.2, 0.25) is 12.1 Å². The SMILES string of the molecule is C=CCC1(/C=C/[N+](=O)[O-])C(=O)Nc2ccccc21. The zero-order chi connectivity index (χ0) is 13.2. The standard InChI is InChI=1S/C13H12N2O3/c1-2-7-13(8-9-15(17)18)10-5-3-4-6-11(10)14-12(13)16/h2-6,8-9H,1,7H2,(H,14,16)/b9-8+. The summed E-state index contributed by atoms with van der Waals surface area (Å²) in [7, 11) is 0. The van der Waals surface area contributed by atoms with Crippen LogP contribution in [0.25, 0.3) is 0 Å². The molecule has 1 aromatic rings. The summed E-state index contributed by atoms with van der Waals surface area (Å²) in [5, 5.41) is 13.2. The highest BCUT2D eigenvalue weighted by Gasteiger charge is 2.44. The van der Waals surface area contributed by atoms with Crippen molar-refractivity contribution in [2.24, 2.45) is 0 Å². The van der Waals surface area contributed by atoms with E-state index in [-0.39, 0.29) is 5.91 Å². The fraction of sp³-hybridized carbons (Fsp3) is 0.154. The van der Waals surface area contributed by atoms with Gasteiger partial charge in [-0.05, 0) is 18.1 Å². The second kappa shape index (κ2) is 4.44. The van der Waals surface area contributed by atoms with Crippen LogP contribution < -0.4 is 5.32 Å². The third-order valence-electron chi connectivity index (χ3n) is 3.01. The van der Waals surface area contributed by atoms with Crippen molar-refractivity contribution in [1.82, 2.24) is 0 Å². The Kier molecular flexibility index (Phi) is 2.97. The second-order valence-electron chi connectivity index (χ2n) is 4.06. The third-order valence-corrected chi connectivity index (χ3v) is 3.01. The van der Waals surface area contributed by atoms with E-state index in [1.807, 2.05) is 0 Å². The first-order chi connectivity index (χ1) is 8.60. The summed E-state index contributed by atoms with van der Waals surface area (Å²) in [5.74, 6) is -0.262. The molecule has 0 saturated heterocycles. The minimum Gasteiger partial charge on any atom is -0.325 e. The molecule has 1 aromatic carbocycles. The van der Waals surface area contributed by atoms with Crippen molar-refractivity contribution in [3.8, 4) is 0 Å². The summed E-state index contributed by atoms with van der Waals surface area (Å²) in [5.41, 5.74) is 0.413. The Hall–Kier alpha value is -2.43. The van der Waals surface area contributed by atoms with E-state index in [0.717, 1.165) is 11.8 Å². The van der Waals surface area contributed by atoms with Crippen LogP contribution in [0.3, 0.4) is 0 Å². The molecule has 1 N–H and O–H groups in total. The Morgan fingerprint density at radius 2 is 2.17 bits per heavy atom. The van der Waals surface area contributed by atoms with Gasteiger partial charge >= 0.3 is 0 Å². The van der Waals surface area contributed by atoms with E-state index in [2.05, 4.69) is 11.9 Å². The molecule has 0 aromatic heterocycles. The summed E-state index contributed by atoms with van der Waals surface area (Å²) < 4.78 is 0. The minimum absolute atomic E-state index is 0.262. The molecule has 1 amide bonds. The summed E-state index contributed by atoms with van der Waals surface area (Å²) in [6, 6.07) is 7.18.